The number of methoxy groups -OCH3 is 1. The smallest absolute Gasteiger partial charge is 0.151 e. The number of hydrogen-bond acceptors (Lipinski definition) is 4. The lowest BCUT2D eigenvalue weighted by molar-refractivity contribution is 0.108. The van der Waals surface area contributed by atoms with Gasteiger partial charge in [-0.1, -0.05) is 11.6 Å². The summed E-state index contributed by atoms with van der Waals surface area (Å²) in [5.41, 5.74) is 6.45. The zero-order valence-corrected chi connectivity index (χ0v) is 10.00. The molecule has 1 aromatic rings. The number of nitrogens with two attached hydrogens (primary N) is 1. The van der Waals surface area contributed by atoms with Crippen molar-refractivity contribution >= 4 is 23.1 Å². The van der Waals surface area contributed by atoms with Crippen LogP contribution in [0, 0.1) is 0 Å². The number of hydrogen-bond donors (Lipinski definition) is 2. The van der Waals surface area contributed by atoms with E-state index in [1.165, 1.54) is 0 Å². The van der Waals surface area contributed by atoms with Gasteiger partial charge >= 0.3 is 0 Å². The molecule has 16 heavy (non-hydrogen) atoms. The summed E-state index contributed by atoms with van der Waals surface area (Å²) in [4.78, 5) is 4.18. The van der Waals surface area contributed by atoms with Crippen molar-refractivity contribution in [2.45, 2.75) is 31.4 Å². The number of halogens is 1. The van der Waals surface area contributed by atoms with Crippen LogP contribution in [0.5, 0.6) is 0 Å². The average Bonchev–Trinajstić information content (AvgIpc) is 2.71. The van der Waals surface area contributed by atoms with E-state index in [0.29, 0.717) is 28.8 Å². The summed E-state index contributed by atoms with van der Waals surface area (Å²) in [5.74, 6) is 0.675. The van der Waals surface area contributed by atoms with Crippen molar-refractivity contribution in [2.75, 3.05) is 18.2 Å². The van der Waals surface area contributed by atoms with Gasteiger partial charge in [0.2, 0.25) is 0 Å². The van der Waals surface area contributed by atoms with Crippen LogP contribution in [0.4, 0.5) is 11.5 Å². The molecule has 0 amide bonds. The van der Waals surface area contributed by atoms with Crippen molar-refractivity contribution in [2.24, 2.45) is 0 Å². The first-order valence-corrected chi connectivity index (χ1v) is 5.78. The quantitative estimate of drug-likeness (QED) is 0.798. The number of ether oxygens (including phenoxy) is 1. The van der Waals surface area contributed by atoms with E-state index in [4.69, 9.17) is 22.1 Å². The van der Waals surface area contributed by atoms with Crippen molar-refractivity contribution in [1.29, 1.82) is 0 Å². The molecule has 0 bridgehead atoms. The number of nitrogens with zero attached hydrogens (tertiary/aromatic N) is 1. The summed E-state index contributed by atoms with van der Waals surface area (Å²) < 4.78 is 5.32. The molecule has 0 spiro atoms. The summed E-state index contributed by atoms with van der Waals surface area (Å²) in [6.07, 6.45) is 3.49. The van der Waals surface area contributed by atoms with Gasteiger partial charge in [0.25, 0.3) is 0 Å². The fourth-order valence-electron chi connectivity index (χ4n) is 2.04. The third-order valence-electron chi connectivity index (χ3n) is 2.95. The first-order chi connectivity index (χ1) is 7.69. The molecule has 1 fully saturated rings. The van der Waals surface area contributed by atoms with Crippen LogP contribution in [0.1, 0.15) is 19.3 Å². The molecule has 1 aromatic heterocycles. The first kappa shape index (κ1) is 11.5. The van der Waals surface area contributed by atoms with E-state index in [-0.39, 0.29) is 0 Å². The van der Waals surface area contributed by atoms with Crippen LogP contribution in [0.2, 0.25) is 5.15 Å². The number of anilines is 2. The highest BCUT2D eigenvalue weighted by molar-refractivity contribution is 6.29. The van der Waals surface area contributed by atoms with Crippen LogP contribution in [0.3, 0.4) is 0 Å². The van der Waals surface area contributed by atoms with Gasteiger partial charge in [-0.05, 0) is 31.4 Å². The Bertz CT molecular complexity index is 372. The monoisotopic (exact) mass is 241 g/mol. The Labute approximate surface area is 100 Å². The van der Waals surface area contributed by atoms with E-state index in [0.717, 1.165) is 19.3 Å². The SMILES string of the molecule is COC1CCC(Nc2nc(Cl)ccc2N)C1. The van der Waals surface area contributed by atoms with Crippen LogP contribution in [0.15, 0.2) is 12.1 Å². The molecule has 2 unspecified atom stereocenters. The molecule has 1 saturated carbocycles. The third-order valence-corrected chi connectivity index (χ3v) is 3.16. The van der Waals surface area contributed by atoms with Gasteiger partial charge in [-0.3, -0.25) is 0 Å². The Hall–Kier alpha value is -1.00. The second-order valence-corrected chi connectivity index (χ2v) is 4.47. The van der Waals surface area contributed by atoms with E-state index < -0.39 is 0 Å². The highest BCUT2D eigenvalue weighted by atomic mass is 35.5. The predicted molar refractivity (Wildman–Crippen MR) is 65.7 cm³/mol. The number of pyridine rings is 1. The molecule has 3 N–H and O–H groups in total. The van der Waals surface area contributed by atoms with Crippen molar-refractivity contribution < 1.29 is 4.74 Å². The molecule has 5 heteroatoms. The lowest BCUT2D eigenvalue weighted by atomic mass is 10.2. The molecule has 88 valence electrons. The fourth-order valence-corrected chi connectivity index (χ4v) is 2.19. The molecule has 1 aliphatic carbocycles. The molecular weight excluding hydrogens is 226 g/mol. The molecule has 0 saturated heterocycles. The Morgan fingerprint density at radius 2 is 2.31 bits per heavy atom. The summed E-state index contributed by atoms with van der Waals surface area (Å²) in [6.45, 7) is 0. The van der Waals surface area contributed by atoms with Gasteiger partial charge in [-0.25, -0.2) is 4.98 Å². The number of rotatable bonds is 3. The lowest BCUT2D eigenvalue weighted by Crippen LogP contribution is -2.19. The standard InChI is InChI=1S/C11H16ClN3O/c1-16-8-3-2-7(6-8)14-11-9(13)4-5-10(12)15-11/h4-5,7-8H,2-3,6,13H2,1H3,(H,14,15). The number of aromatic nitrogens is 1. The number of nitrogen functional groups attached to an aromatic ring is 1. The molecular formula is C11H16ClN3O. The Morgan fingerprint density at radius 3 is 3.00 bits per heavy atom. The van der Waals surface area contributed by atoms with Crippen molar-refractivity contribution in [3.63, 3.8) is 0 Å². The molecule has 1 aliphatic rings. The van der Waals surface area contributed by atoms with E-state index in [1.807, 2.05) is 0 Å². The topological polar surface area (TPSA) is 60.2 Å². The summed E-state index contributed by atoms with van der Waals surface area (Å²) >= 11 is 5.83. The van der Waals surface area contributed by atoms with E-state index in [9.17, 15) is 0 Å². The van der Waals surface area contributed by atoms with Gasteiger partial charge in [0.05, 0.1) is 11.8 Å². The minimum atomic E-state index is 0.345. The van der Waals surface area contributed by atoms with E-state index >= 15 is 0 Å². The Balaban J connectivity index is 2.01. The van der Waals surface area contributed by atoms with Crippen LogP contribution < -0.4 is 11.1 Å². The van der Waals surface area contributed by atoms with Crippen molar-refractivity contribution in [3.8, 4) is 0 Å². The van der Waals surface area contributed by atoms with Crippen LogP contribution in [-0.2, 0) is 4.74 Å². The average molecular weight is 242 g/mol. The van der Waals surface area contributed by atoms with Gasteiger partial charge in [0, 0.05) is 13.2 Å². The maximum atomic E-state index is 5.83. The van der Waals surface area contributed by atoms with Gasteiger partial charge in [0.15, 0.2) is 5.82 Å². The summed E-state index contributed by atoms with van der Waals surface area (Å²) in [5, 5.41) is 3.77. The molecule has 0 aromatic carbocycles. The van der Waals surface area contributed by atoms with Gasteiger partial charge in [0.1, 0.15) is 5.15 Å². The molecule has 0 radical (unpaired) electrons. The Kier molecular flexibility index (Phi) is 3.51. The van der Waals surface area contributed by atoms with Gasteiger partial charge < -0.3 is 15.8 Å². The Morgan fingerprint density at radius 1 is 1.50 bits per heavy atom. The van der Waals surface area contributed by atoms with Gasteiger partial charge in [-0.15, -0.1) is 0 Å². The summed E-state index contributed by atoms with van der Waals surface area (Å²) in [6, 6.07) is 3.83. The minimum absolute atomic E-state index is 0.345. The molecule has 1 heterocycles. The fraction of sp³-hybridized carbons (Fsp3) is 0.545. The molecule has 4 nitrogen and oxygen atoms in total. The van der Waals surface area contributed by atoms with Crippen LogP contribution in [-0.4, -0.2) is 24.2 Å². The highest BCUT2D eigenvalue weighted by Gasteiger charge is 2.24. The zero-order valence-electron chi connectivity index (χ0n) is 9.24. The second-order valence-electron chi connectivity index (χ2n) is 4.08. The lowest BCUT2D eigenvalue weighted by Gasteiger charge is -2.15. The molecule has 2 rings (SSSR count). The molecule has 0 aliphatic heterocycles. The van der Waals surface area contributed by atoms with Crippen LogP contribution in [0.25, 0.3) is 0 Å². The van der Waals surface area contributed by atoms with Crippen molar-refractivity contribution in [3.05, 3.63) is 17.3 Å². The summed E-state index contributed by atoms with van der Waals surface area (Å²) in [7, 11) is 1.75. The predicted octanol–water partition coefficient (Wildman–Crippen LogP) is 2.30. The van der Waals surface area contributed by atoms with E-state index in [2.05, 4.69) is 10.3 Å². The van der Waals surface area contributed by atoms with Crippen LogP contribution >= 0.6 is 11.6 Å². The molecule has 2 atom stereocenters. The second kappa shape index (κ2) is 4.89. The van der Waals surface area contributed by atoms with Gasteiger partial charge in [-0.2, -0.15) is 0 Å². The number of nitrogens with one attached hydrogen (secondary N) is 1. The largest absolute Gasteiger partial charge is 0.396 e. The first-order valence-electron chi connectivity index (χ1n) is 5.40. The highest BCUT2D eigenvalue weighted by Crippen LogP contribution is 2.27. The normalized spacial score (nSPS) is 24.6. The maximum Gasteiger partial charge on any atom is 0.151 e. The van der Waals surface area contributed by atoms with E-state index in [1.54, 1.807) is 19.2 Å². The minimum Gasteiger partial charge on any atom is -0.396 e. The zero-order chi connectivity index (χ0) is 11.5. The maximum absolute atomic E-state index is 5.83. The third kappa shape index (κ3) is 2.57. The van der Waals surface area contributed by atoms with Crippen molar-refractivity contribution in [1.82, 2.24) is 4.98 Å².